The standard InChI is InChI=1S/C24H18N4O3/c1-16-12-19(4-3-11-25)13-17(2)24(16)31-21-9-10-23(28(29)30)22(14-21)27-20-7-5-18(15-26)6-8-20/h3-10,12-14,27H,1-2H3/b4-3+. The maximum atomic E-state index is 11.5. The molecule has 0 aliphatic carbocycles. The van der Waals surface area contributed by atoms with Gasteiger partial charge in [0.25, 0.3) is 5.69 Å². The summed E-state index contributed by atoms with van der Waals surface area (Å²) in [6, 6.07) is 18.9. The first kappa shape index (κ1) is 21.1. The van der Waals surface area contributed by atoms with Gasteiger partial charge in [-0.2, -0.15) is 10.5 Å². The lowest BCUT2D eigenvalue weighted by Gasteiger charge is -2.14. The van der Waals surface area contributed by atoms with E-state index in [0.717, 1.165) is 16.7 Å². The fourth-order valence-electron chi connectivity index (χ4n) is 3.11. The van der Waals surface area contributed by atoms with Crippen LogP contribution in [0.25, 0.3) is 6.08 Å². The zero-order chi connectivity index (χ0) is 22.4. The van der Waals surface area contributed by atoms with Crippen molar-refractivity contribution in [1.29, 1.82) is 10.5 Å². The first-order valence-corrected chi connectivity index (χ1v) is 9.32. The molecule has 1 N–H and O–H groups in total. The number of hydrogen-bond acceptors (Lipinski definition) is 6. The lowest BCUT2D eigenvalue weighted by molar-refractivity contribution is -0.383. The Balaban J connectivity index is 1.93. The molecule has 0 atom stereocenters. The van der Waals surface area contributed by atoms with Crippen molar-refractivity contribution in [2.75, 3.05) is 5.32 Å². The van der Waals surface area contributed by atoms with Gasteiger partial charge in [-0.1, -0.05) is 0 Å². The summed E-state index contributed by atoms with van der Waals surface area (Å²) in [5.41, 5.74) is 3.92. The Kier molecular flexibility index (Phi) is 6.30. The number of nitrogens with zero attached hydrogens (tertiary/aromatic N) is 3. The van der Waals surface area contributed by atoms with E-state index in [0.29, 0.717) is 22.7 Å². The molecule has 0 unspecified atom stereocenters. The Bertz CT molecular complexity index is 1230. The van der Waals surface area contributed by atoms with Gasteiger partial charge in [0.15, 0.2) is 0 Å². The Labute approximate surface area is 179 Å². The molecule has 3 rings (SSSR count). The Morgan fingerprint density at radius 1 is 1.03 bits per heavy atom. The molecule has 0 saturated heterocycles. The van der Waals surface area contributed by atoms with Crippen LogP contribution in [0.3, 0.4) is 0 Å². The van der Waals surface area contributed by atoms with Gasteiger partial charge >= 0.3 is 0 Å². The minimum Gasteiger partial charge on any atom is -0.457 e. The summed E-state index contributed by atoms with van der Waals surface area (Å²) in [6.45, 7) is 3.79. The second-order valence-electron chi connectivity index (χ2n) is 6.80. The number of nitrogens with one attached hydrogen (secondary N) is 1. The molecule has 0 aromatic heterocycles. The third-order valence-electron chi connectivity index (χ3n) is 4.51. The number of ether oxygens (including phenoxy) is 1. The lowest BCUT2D eigenvalue weighted by atomic mass is 10.1. The molecule has 0 aliphatic heterocycles. The quantitative estimate of drug-likeness (QED) is 0.296. The van der Waals surface area contributed by atoms with Crippen LogP contribution >= 0.6 is 0 Å². The van der Waals surface area contributed by atoms with E-state index in [2.05, 4.69) is 5.32 Å². The topological polar surface area (TPSA) is 112 Å². The molecule has 31 heavy (non-hydrogen) atoms. The maximum absolute atomic E-state index is 11.5. The molecule has 0 spiro atoms. The summed E-state index contributed by atoms with van der Waals surface area (Å²) < 4.78 is 6.05. The molecular formula is C24H18N4O3. The highest BCUT2D eigenvalue weighted by Gasteiger charge is 2.16. The zero-order valence-corrected chi connectivity index (χ0v) is 16.9. The summed E-state index contributed by atoms with van der Waals surface area (Å²) >= 11 is 0. The number of hydrogen-bond donors (Lipinski definition) is 1. The lowest BCUT2D eigenvalue weighted by Crippen LogP contribution is -1.99. The second-order valence-corrected chi connectivity index (χ2v) is 6.80. The highest BCUT2D eigenvalue weighted by Crippen LogP contribution is 2.36. The van der Waals surface area contributed by atoms with Gasteiger partial charge in [0, 0.05) is 23.9 Å². The van der Waals surface area contributed by atoms with Crippen LogP contribution in [-0.2, 0) is 0 Å². The van der Waals surface area contributed by atoms with Crippen LogP contribution in [0.5, 0.6) is 11.5 Å². The fourth-order valence-corrected chi connectivity index (χ4v) is 3.11. The van der Waals surface area contributed by atoms with Crippen molar-refractivity contribution >= 4 is 23.1 Å². The Hall–Kier alpha value is -4.62. The van der Waals surface area contributed by atoms with Crippen molar-refractivity contribution in [2.45, 2.75) is 13.8 Å². The van der Waals surface area contributed by atoms with Crippen molar-refractivity contribution in [3.63, 3.8) is 0 Å². The van der Waals surface area contributed by atoms with Crippen molar-refractivity contribution in [1.82, 2.24) is 0 Å². The molecular weight excluding hydrogens is 392 g/mol. The number of aryl methyl sites for hydroxylation is 2. The van der Waals surface area contributed by atoms with Crippen LogP contribution in [0.4, 0.5) is 17.1 Å². The monoisotopic (exact) mass is 410 g/mol. The maximum Gasteiger partial charge on any atom is 0.292 e. The van der Waals surface area contributed by atoms with E-state index < -0.39 is 4.92 Å². The molecule has 0 heterocycles. The Morgan fingerprint density at radius 2 is 1.71 bits per heavy atom. The number of benzene rings is 3. The first-order chi connectivity index (χ1) is 14.9. The SMILES string of the molecule is Cc1cc(/C=C/C#N)cc(C)c1Oc1ccc([N+](=O)[O-])c(Nc2ccc(C#N)cc2)c1. The predicted octanol–water partition coefficient (Wildman–Crippen LogP) is 6.16. The van der Waals surface area contributed by atoms with Crippen LogP contribution in [0.1, 0.15) is 22.3 Å². The number of nitro groups is 1. The van der Waals surface area contributed by atoms with E-state index in [4.69, 9.17) is 15.3 Å². The summed E-state index contributed by atoms with van der Waals surface area (Å²) in [6.07, 6.45) is 3.13. The molecule has 3 aromatic rings. The third-order valence-corrected chi connectivity index (χ3v) is 4.51. The van der Waals surface area contributed by atoms with E-state index in [1.165, 1.54) is 12.1 Å². The molecule has 0 saturated carbocycles. The summed E-state index contributed by atoms with van der Waals surface area (Å²) in [5.74, 6) is 1.08. The zero-order valence-electron chi connectivity index (χ0n) is 16.9. The molecule has 0 fully saturated rings. The van der Waals surface area contributed by atoms with Gasteiger partial charge in [-0.25, -0.2) is 0 Å². The number of nitro benzene ring substituents is 1. The van der Waals surface area contributed by atoms with Crippen molar-refractivity contribution < 1.29 is 9.66 Å². The van der Waals surface area contributed by atoms with E-state index in [9.17, 15) is 10.1 Å². The van der Waals surface area contributed by atoms with E-state index in [1.807, 2.05) is 38.1 Å². The van der Waals surface area contributed by atoms with Crippen molar-refractivity contribution in [2.24, 2.45) is 0 Å². The average molecular weight is 410 g/mol. The second kappa shape index (κ2) is 9.25. The van der Waals surface area contributed by atoms with E-state index in [1.54, 1.807) is 42.5 Å². The van der Waals surface area contributed by atoms with E-state index >= 15 is 0 Å². The van der Waals surface area contributed by atoms with Crippen LogP contribution in [0.2, 0.25) is 0 Å². The van der Waals surface area contributed by atoms with Crippen molar-refractivity contribution in [3.8, 4) is 23.6 Å². The fraction of sp³-hybridized carbons (Fsp3) is 0.0833. The highest BCUT2D eigenvalue weighted by molar-refractivity contribution is 5.71. The summed E-state index contributed by atoms with van der Waals surface area (Å²) in [7, 11) is 0. The number of anilines is 2. The molecule has 152 valence electrons. The molecule has 0 amide bonds. The molecule has 7 nitrogen and oxygen atoms in total. The summed E-state index contributed by atoms with van der Waals surface area (Å²) in [5, 5.41) is 32.1. The van der Waals surface area contributed by atoms with Gasteiger partial charge in [0.1, 0.15) is 17.2 Å². The molecule has 0 bridgehead atoms. The number of allylic oxidation sites excluding steroid dienone is 1. The van der Waals surface area contributed by atoms with Gasteiger partial charge in [0.05, 0.1) is 22.6 Å². The third kappa shape index (κ3) is 5.06. The van der Waals surface area contributed by atoms with Gasteiger partial charge in [-0.05, 0) is 79.1 Å². The normalized spacial score (nSPS) is 10.3. The highest BCUT2D eigenvalue weighted by atomic mass is 16.6. The Morgan fingerprint density at radius 3 is 2.29 bits per heavy atom. The molecule has 0 aliphatic rings. The largest absolute Gasteiger partial charge is 0.457 e. The van der Waals surface area contributed by atoms with Crippen LogP contribution in [0.15, 0.2) is 60.7 Å². The molecule has 7 heteroatoms. The molecule has 3 aromatic carbocycles. The first-order valence-electron chi connectivity index (χ1n) is 9.32. The van der Waals surface area contributed by atoms with E-state index in [-0.39, 0.29) is 11.4 Å². The van der Waals surface area contributed by atoms with Gasteiger partial charge in [-0.15, -0.1) is 0 Å². The average Bonchev–Trinajstić information content (AvgIpc) is 2.75. The predicted molar refractivity (Wildman–Crippen MR) is 118 cm³/mol. The van der Waals surface area contributed by atoms with Gasteiger partial charge in [0.2, 0.25) is 0 Å². The van der Waals surface area contributed by atoms with Crippen LogP contribution in [-0.4, -0.2) is 4.92 Å². The minimum atomic E-state index is -0.470. The molecule has 0 radical (unpaired) electrons. The smallest absolute Gasteiger partial charge is 0.292 e. The van der Waals surface area contributed by atoms with Crippen LogP contribution in [0, 0.1) is 46.6 Å². The number of nitriles is 2. The minimum absolute atomic E-state index is 0.0952. The van der Waals surface area contributed by atoms with Gasteiger partial charge in [-0.3, -0.25) is 10.1 Å². The summed E-state index contributed by atoms with van der Waals surface area (Å²) in [4.78, 5) is 11.0. The number of rotatable bonds is 6. The van der Waals surface area contributed by atoms with Crippen LogP contribution < -0.4 is 10.1 Å². The van der Waals surface area contributed by atoms with Gasteiger partial charge < -0.3 is 10.1 Å². The van der Waals surface area contributed by atoms with Crippen molar-refractivity contribution in [3.05, 3.63) is 93.0 Å².